The highest BCUT2D eigenvalue weighted by atomic mass is 16.6. The summed E-state index contributed by atoms with van der Waals surface area (Å²) >= 11 is 0. The molecule has 0 bridgehead atoms. The molecule has 130 valence electrons. The quantitative estimate of drug-likeness (QED) is 0.614. The number of hydrogen-bond acceptors (Lipinski definition) is 4. The fraction of sp³-hybridized carbons (Fsp3) is 0.529. The minimum Gasteiger partial charge on any atom is -0.339 e. The second-order valence-electron chi connectivity index (χ2n) is 7.09. The molecule has 0 aromatic heterocycles. The van der Waals surface area contributed by atoms with E-state index in [-0.39, 0.29) is 17.5 Å². The van der Waals surface area contributed by atoms with Crippen molar-refractivity contribution < 1.29 is 14.5 Å². The van der Waals surface area contributed by atoms with Crippen LogP contribution in [0.5, 0.6) is 0 Å². The first-order valence-electron chi connectivity index (χ1n) is 7.95. The van der Waals surface area contributed by atoms with Gasteiger partial charge in [0.2, 0.25) is 5.91 Å². The van der Waals surface area contributed by atoms with E-state index in [0.717, 1.165) is 0 Å². The summed E-state index contributed by atoms with van der Waals surface area (Å²) in [7, 11) is 0. The van der Waals surface area contributed by atoms with Crippen molar-refractivity contribution in [2.24, 2.45) is 5.41 Å². The van der Waals surface area contributed by atoms with E-state index in [0.29, 0.717) is 37.3 Å². The van der Waals surface area contributed by atoms with Gasteiger partial charge < -0.3 is 9.80 Å². The maximum Gasteiger partial charge on any atom is 0.272 e. The molecule has 0 saturated carbocycles. The molecule has 1 aromatic carbocycles. The molecule has 7 heteroatoms. The first kappa shape index (κ1) is 17.9. The van der Waals surface area contributed by atoms with Crippen molar-refractivity contribution in [3.05, 3.63) is 39.4 Å². The minimum atomic E-state index is -0.458. The fourth-order valence-corrected chi connectivity index (χ4v) is 2.76. The first-order chi connectivity index (χ1) is 11.1. The molecular weight excluding hydrogens is 310 g/mol. The molecule has 0 atom stereocenters. The molecule has 1 aliphatic heterocycles. The van der Waals surface area contributed by atoms with E-state index < -0.39 is 10.3 Å². The Bertz CT molecular complexity index is 671. The number of aryl methyl sites for hydroxylation is 1. The van der Waals surface area contributed by atoms with Gasteiger partial charge in [0, 0.05) is 48.8 Å². The first-order valence-corrected chi connectivity index (χ1v) is 7.95. The lowest BCUT2D eigenvalue weighted by molar-refractivity contribution is -0.385. The van der Waals surface area contributed by atoms with Gasteiger partial charge >= 0.3 is 0 Å². The van der Waals surface area contributed by atoms with Gasteiger partial charge in [-0.25, -0.2) is 0 Å². The largest absolute Gasteiger partial charge is 0.339 e. The topological polar surface area (TPSA) is 83.8 Å². The molecule has 0 N–H and O–H groups in total. The van der Waals surface area contributed by atoms with Crippen LogP contribution in [0.3, 0.4) is 0 Å². The van der Waals surface area contributed by atoms with E-state index in [2.05, 4.69) is 0 Å². The highest BCUT2D eigenvalue weighted by Crippen LogP contribution is 2.21. The molecule has 1 fully saturated rings. The Morgan fingerprint density at radius 1 is 1.08 bits per heavy atom. The van der Waals surface area contributed by atoms with Crippen LogP contribution in [0.1, 0.15) is 36.7 Å². The lowest BCUT2D eigenvalue weighted by Gasteiger charge is -2.37. The lowest BCUT2D eigenvalue weighted by Crippen LogP contribution is -2.53. The normalized spacial score (nSPS) is 15.3. The number of hydrogen-bond donors (Lipinski definition) is 0. The molecular formula is C17H23N3O4. The van der Waals surface area contributed by atoms with Crippen LogP contribution in [0.4, 0.5) is 5.69 Å². The number of piperazine rings is 1. The molecule has 2 amide bonds. The average molecular weight is 333 g/mol. The summed E-state index contributed by atoms with van der Waals surface area (Å²) in [5.41, 5.74) is 0.481. The summed E-state index contributed by atoms with van der Waals surface area (Å²) in [6.45, 7) is 9.22. The van der Waals surface area contributed by atoms with Crippen molar-refractivity contribution >= 4 is 17.5 Å². The minimum absolute atomic E-state index is 0.00661. The van der Waals surface area contributed by atoms with Gasteiger partial charge in [-0.1, -0.05) is 20.8 Å². The Morgan fingerprint density at radius 3 is 2.08 bits per heavy atom. The van der Waals surface area contributed by atoms with Gasteiger partial charge in [-0.15, -0.1) is 0 Å². The van der Waals surface area contributed by atoms with Crippen molar-refractivity contribution in [2.75, 3.05) is 26.2 Å². The Labute approximate surface area is 141 Å². The Morgan fingerprint density at radius 2 is 1.62 bits per heavy atom. The van der Waals surface area contributed by atoms with Crippen molar-refractivity contribution in [2.45, 2.75) is 27.7 Å². The standard InChI is InChI=1S/C17H23N3O4/c1-12-11-13(5-6-14(12)20(23)24)15(21)18-7-9-19(10-8-18)16(22)17(2,3)4/h5-6,11H,7-10H2,1-4H3. The zero-order valence-electron chi connectivity index (χ0n) is 14.5. The van der Waals surface area contributed by atoms with Crippen LogP contribution in [0, 0.1) is 22.5 Å². The summed E-state index contributed by atoms with van der Waals surface area (Å²) in [4.78, 5) is 38.7. The van der Waals surface area contributed by atoms with Crippen LogP contribution in [0.2, 0.25) is 0 Å². The zero-order valence-corrected chi connectivity index (χ0v) is 14.5. The van der Waals surface area contributed by atoms with E-state index >= 15 is 0 Å². The van der Waals surface area contributed by atoms with Crippen LogP contribution < -0.4 is 0 Å². The van der Waals surface area contributed by atoms with Gasteiger partial charge in [-0.05, 0) is 19.1 Å². The van der Waals surface area contributed by atoms with Crippen molar-refractivity contribution in [1.82, 2.24) is 9.80 Å². The summed E-state index contributed by atoms with van der Waals surface area (Å²) < 4.78 is 0. The molecule has 24 heavy (non-hydrogen) atoms. The summed E-state index contributed by atoms with van der Waals surface area (Å²) in [5.74, 6) is -0.0726. The summed E-state index contributed by atoms with van der Waals surface area (Å²) in [5, 5.41) is 10.9. The van der Waals surface area contributed by atoms with Crippen molar-refractivity contribution in [3.63, 3.8) is 0 Å². The van der Waals surface area contributed by atoms with Crippen molar-refractivity contribution in [3.8, 4) is 0 Å². The van der Waals surface area contributed by atoms with Gasteiger partial charge in [0.1, 0.15) is 0 Å². The third-order valence-corrected chi connectivity index (χ3v) is 4.14. The number of nitro groups is 1. The lowest BCUT2D eigenvalue weighted by atomic mass is 9.94. The molecule has 1 saturated heterocycles. The predicted molar refractivity (Wildman–Crippen MR) is 89.8 cm³/mol. The van der Waals surface area contributed by atoms with E-state index in [4.69, 9.17) is 0 Å². The second kappa shape index (κ2) is 6.59. The molecule has 0 radical (unpaired) electrons. The molecule has 1 heterocycles. The van der Waals surface area contributed by atoms with E-state index in [1.807, 2.05) is 20.8 Å². The molecule has 0 aliphatic carbocycles. The highest BCUT2D eigenvalue weighted by Gasteiger charge is 2.31. The zero-order chi connectivity index (χ0) is 18.1. The molecule has 1 aromatic rings. The van der Waals surface area contributed by atoms with E-state index in [9.17, 15) is 19.7 Å². The van der Waals surface area contributed by atoms with Gasteiger partial charge in [-0.3, -0.25) is 19.7 Å². The van der Waals surface area contributed by atoms with E-state index in [1.165, 1.54) is 12.1 Å². The highest BCUT2D eigenvalue weighted by molar-refractivity contribution is 5.95. The number of benzene rings is 1. The second-order valence-corrected chi connectivity index (χ2v) is 7.09. The van der Waals surface area contributed by atoms with Gasteiger partial charge in [-0.2, -0.15) is 0 Å². The number of nitrogens with zero attached hydrogens (tertiary/aromatic N) is 3. The number of carbonyl (C=O) groups is 2. The maximum absolute atomic E-state index is 12.6. The van der Waals surface area contributed by atoms with Crippen LogP contribution in [0.25, 0.3) is 0 Å². The summed E-state index contributed by atoms with van der Waals surface area (Å²) in [6.07, 6.45) is 0. The number of carbonyl (C=O) groups excluding carboxylic acids is 2. The van der Waals surface area contributed by atoms with Gasteiger partial charge in [0.25, 0.3) is 11.6 Å². The SMILES string of the molecule is Cc1cc(C(=O)N2CCN(C(=O)C(C)(C)C)CC2)ccc1[N+](=O)[O-]. The summed E-state index contributed by atoms with van der Waals surface area (Å²) in [6, 6.07) is 4.40. The number of amides is 2. The van der Waals surface area contributed by atoms with Gasteiger partial charge in [0.15, 0.2) is 0 Å². The van der Waals surface area contributed by atoms with Crippen LogP contribution in [-0.2, 0) is 4.79 Å². The molecule has 2 rings (SSSR count). The van der Waals surface area contributed by atoms with Crippen molar-refractivity contribution in [1.29, 1.82) is 0 Å². The third-order valence-electron chi connectivity index (χ3n) is 4.14. The fourth-order valence-electron chi connectivity index (χ4n) is 2.76. The third kappa shape index (κ3) is 3.72. The van der Waals surface area contributed by atoms with Crippen LogP contribution in [0.15, 0.2) is 18.2 Å². The maximum atomic E-state index is 12.6. The Balaban J connectivity index is 2.04. The molecule has 0 unspecified atom stereocenters. The molecule has 7 nitrogen and oxygen atoms in total. The van der Waals surface area contributed by atoms with E-state index in [1.54, 1.807) is 22.8 Å². The van der Waals surface area contributed by atoms with Gasteiger partial charge in [0.05, 0.1) is 4.92 Å². The predicted octanol–water partition coefficient (Wildman–Crippen LogP) is 2.23. The smallest absolute Gasteiger partial charge is 0.272 e. The van der Waals surface area contributed by atoms with Crippen LogP contribution in [-0.4, -0.2) is 52.7 Å². The number of rotatable bonds is 2. The number of nitro benzene ring substituents is 1. The van der Waals surface area contributed by atoms with Crippen LogP contribution >= 0.6 is 0 Å². The average Bonchev–Trinajstić information content (AvgIpc) is 2.52. The molecule has 0 spiro atoms. The monoisotopic (exact) mass is 333 g/mol. The molecule has 1 aliphatic rings. The Kier molecular flexibility index (Phi) is 4.91. The Hall–Kier alpha value is -2.44.